The van der Waals surface area contributed by atoms with E-state index in [0.29, 0.717) is 5.69 Å². The summed E-state index contributed by atoms with van der Waals surface area (Å²) in [5.41, 5.74) is 1.49. The van der Waals surface area contributed by atoms with Gasteiger partial charge in [0.15, 0.2) is 0 Å². The van der Waals surface area contributed by atoms with E-state index in [1.165, 1.54) is 16.7 Å². The largest absolute Gasteiger partial charge is 0.347 e. The molecule has 2 aromatic carbocycles. The van der Waals surface area contributed by atoms with Crippen LogP contribution in [-0.4, -0.2) is 46.1 Å². The quantitative estimate of drug-likeness (QED) is 0.725. The standard InChI is InChI=1S/C18H22N2O3S2/c1-14-5-7-15(8-6-14)20(13-18(21)19(2)3)25(22,23)17-11-9-16(24-4)10-12-17/h5-12H,13H2,1-4H3. The van der Waals surface area contributed by atoms with Crippen LogP contribution in [-0.2, 0) is 14.8 Å². The Morgan fingerprint density at radius 3 is 2.04 bits per heavy atom. The van der Waals surface area contributed by atoms with Gasteiger partial charge < -0.3 is 4.90 Å². The van der Waals surface area contributed by atoms with Gasteiger partial charge in [0.25, 0.3) is 10.0 Å². The third kappa shape index (κ3) is 4.55. The molecule has 0 aliphatic carbocycles. The summed E-state index contributed by atoms with van der Waals surface area (Å²) in [7, 11) is -0.631. The Morgan fingerprint density at radius 2 is 1.56 bits per heavy atom. The lowest BCUT2D eigenvalue weighted by atomic mass is 10.2. The summed E-state index contributed by atoms with van der Waals surface area (Å²) in [6, 6.07) is 13.8. The highest BCUT2D eigenvalue weighted by atomic mass is 32.2. The van der Waals surface area contributed by atoms with Gasteiger partial charge in [-0.2, -0.15) is 0 Å². The number of sulfonamides is 1. The highest BCUT2D eigenvalue weighted by molar-refractivity contribution is 7.98. The fourth-order valence-corrected chi connectivity index (χ4v) is 3.99. The Labute approximate surface area is 153 Å². The summed E-state index contributed by atoms with van der Waals surface area (Å²) in [6.45, 7) is 1.68. The van der Waals surface area contributed by atoms with Crippen molar-refractivity contribution >= 4 is 33.4 Å². The molecule has 2 aromatic rings. The summed E-state index contributed by atoms with van der Waals surface area (Å²) >= 11 is 1.54. The molecule has 0 aliphatic heterocycles. The second-order valence-corrected chi connectivity index (χ2v) is 8.55. The number of amides is 1. The number of likely N-dealkylation sites (N-methyl/N-ethyl adjacent to an activating group) is 1. The lowest BCUT2D eigenvalue weighted by molar-refractivity contribution is -0.127. The van der Waals surface area contributed by atoms with Crippen LogP contribution in [0.5, 0.6) is 0 Å². The Balaban J connectivity index is 2.48. The minimum Gasteiger partial charge on any atom is -0.347 e. The van der Waals surface area contributed by atoms with Crippen molar-refractivity contribution in [1.29, 1.82) is 0 Å². The molecule has 2 rings (SSSR count). The SMILES string of the molecule is CSc1ccc(S(=O)(=O)N(CC(=O)N(C)C)c2ccc(C)cc2)cc1. The van der Waals surface area contributed by atoms with Gasteiger partial charge in [0.1, 0.15) is 6.54 Å². The second-order valence-electron chi connectivity index (χ2n) is 5.81. The van der Waals surface area contributed by atoms with Gasteiger partial charge in [-0.05, 0) is 49.6 Å². The molecular formula is C18H22N2O3S2. The first-order valence-corrected chi connectivity index (χ1v) is 10.4. The average molecular weight is 379 g/mol. The van der Waals surface area contributed by atoms with E-state index < -0.39 is 10.0 Å². The van der Waals surface area contributed by atoms with Crippen LogP contribution in [0.3, 0.4) is 0 Å². The van der Waals surface area contributed by atoms with Crippen molar-refractivity contribution in [2.45, 2.75) is 16.7 Å². The van der Waals surface area contributed by atoms with Crippen LogP contribution in [0.2, 0.25) is 0 Å². The number of hydrogen-bond acceptors (Lipinski definition) is 4. The molecule has 0 aromatic heterocycles. The third-order valence-electron chi connectivity index (χ3n) is 3.75. The van der Waals surface area contributed by atoms with E-state index in [-0.39, 0.29) is 17.3 Å². The first-order valence-electron chi connectivity index (χ1n) is 7.69. The molecule has 0 unspecified atom stereocenters. The molecule has 0 N–H and O–H groups in total. The first kappa shape index (κ1) is 19.3. The minimum absolute atomic E-state index is 0.164. The van der Waals surface area contributed by atoms with Crippen molar-refractivity contribution in [3.63, 3.8) is 0 Å². The summed E-state index contributed by atoms with van der Waals surface area (Å²) in [4.78, 5) is 14.7. The molecule has 0 fully saturated rings. The highest BCUT2D eigenvalue weighted by Gasteiger charge is 2.27. The number of aryl methyl sites for hydroxylation is 1. The number of thioether (sulfide) groups is 1. The molecule has 0 spiro atoms. The summed E-state index contributed by atoms with van der Waals surface area (Å²) < 4.78 is 27.4. The van der Waals surface area contributed by atoms with Gasteiger partial charge in [0.2, 0.25) is 5.91 Å². The maximum atomic E-state index is 13.1. The fraction of sp³-hybridized carbons (Fsp3) is 0.278. The van der Waals surface area contributed by atoms with Gasteiger partial charge in [-0.25, -0.2) is 8.42 Å². The Kier molecular flexibility index (Phi) is 6.13. The number of carbonyl (C=O) groups excluding carboxylic acids is 1. The van der Waals surface area contributed by atoms with Gasteiger partial charge >= 0.3 is 0 Å². The molecule has 0 radical (unpaired) electrons. The van der Waals surface area contributed by atoms with Crippen molar-refractivity contribution in [3.8, 4) is 0 Å². The van der Waals surface area contributed by atoms with Crippen LogP contribution in [0, 0.1) is 6.92 Å². The molecule has 134 valence electrons. The molecular weight excluding hydrogens is 356 g/mol. The first-order chi connectivity index (χ1) is 11.8. The highest BCUT2D eigenvalue weighted by Crippen LogP contribution is 2.25. The molecule has 0 saturated heterocycles. The number of rotatable bonds is 6. The van der Waals surface area contributed by atoms with Crippen molar-refractivity contribution in [2.75, 3.05) is 31.2 Å². The Morgan fingerprint density at radius 1 is 1.00 bits per heavy atom. The zero-order valence-electron chi connectivity index (χ0n) is 14.8. The van der Waals surface area contributed by atoms with Crippen LogP contribution >= 0.6 is 11.8 Å². The zero-order valence-corrected chi connectivity index (χ0v) is 16.4. The summed E-state index contributed by atoms with van der Waals surface area (Å²) in [5.74, 6) is -0.287. The predicted octanol–water partition coefficient (Wildman–Crippen LogP) is 3.00. The Hall–Kier alpha value is -1.99. The lowest BCUT2D eigenvalue weighted by Gasteiger charge is -2.25. The predicted molar refractivity (Wildman–Crippen MR) is 103 cm³/mol. The number of anilines is 1. The van der Waals surface area contributed by atoms with Crippen LogP contribution in [0.4, 0.5) is 5.69 Å². The smallest absolute Gasteiger partial charge is 0.264 e. The van der Waals surface area contributed by atoms with Crippen LogP contribution in [0.15, 0.2) is 58.3 Å². The molecule has 0 heterocycles. The second kappa shape index (κ2) is 7.93. The molecule has 0 atom stereocenters. The van der Waals surface area contributed by atoms with Crippen molar-refractivity contribution in [1.82, 2.24) is 4.90 Å². The number of carbonyl (C=O) groups is 1. The molecule has 0 aliphatic rings. The fourth-order valence-electron chi connectivity index (χ4n) is 2.17. The molecule has 1 amide bonds. The van der Waals surface area contributed by atoms with E-state index in [4.69, 9.17) is 0 Å². The van der Waals surface area contributed by atoms with Crippen molar-refractivity contribution in [3.05, 3.63) is 54.1 Å². The third-order valence-corrected chi connectivity index (χ3v) is 6.28. The van der Waals surface area contributed by atoms with E-state index in [2.05, 4.69) is 0 Å². The van der Waals surface area contributed by atoms with Gasteiger partial charge in [0, 0.05) is 19.0 Å². The van der Waals surface area contributed by atoms with E-state index in [1.807, 2.05) is 25.3 Å². The van der Waals surface area contributed by atoms with Crippen molar-refractivity contribution < 1.29 is 13.2 Å². The average Bonchev–Trinajstić information content (AvgIpc) is 2.60. The molecule has 25 heavy (non-hydrogen) atoms. The number of hydrogen-bond donors (Lipinski definition) is 0. The summed E-state index contributed by atoms with van der Waals surface area (Å²) in [6.07, 6.45) is 1.93. The normalized spacial score (nSPS) is 11.2. The molecule has 0 bridgehead atoms. The van der Waals surface area contributed by atoms with Crippen LogP contribution in [0.1, 0.15) is 5.56 Å². The van der Waals surface area contributed by atoms with E-state index in [0.717, 1.165) is 14.8 Å². The zero-order chi connectivity index (χ0) is 18.6. The molecule has 7 heteroatoms. The van der Waals surface area contributed by atoms with Gasteiger partial charge in [-0.3, -0.25) is 9.10 Å². The van der Waals surface area contributed by atoms with Gasteiger partial charge in [-0.1, -0.05) is 17.7 Å². The summed E-state index contributed by atoms with van der Waals surface area (Å²) in [5, 5.41) is 0. The van der Waals surface area contributed by atoms with Crippen LogP contribution in [0.25, 0.3) is 0 Å². The topological polar surface area (TPSA) is 57.7 Å². The van der Waals surface area contributed by atoms with E-state index in [9.17, 15) is 13.2 Å². The number of nitrogens with zero attached hydrogens (tertiary/aromatic N) is 2. The molecule has 5 nitrogen and oxygen atoms in total. The number of benzene rings is 2. The van der Waals surface area contributed by atoms with Crippen molar-refractivity contribution in [2.24, 2.45) is 0 Å². The van der Waals surface area contributed by atoms with E-state index in [1.54, 1.807) is 50.5 Å². The van der Waals surface area contributed by atoms with Gasteiger partial charge in [0.05, 0.1) is 10.6 Å². The maximum absolute atomic E-state index is 13.1. The minimum atomic E-state index is -3.84. The van der Waals surface area contributed by atoms with Gasteiger partial charge in [-0.15, -0.1) is 11.8 Å². The lowest BCUT2D eigenvalue weighted by Crippen LogP contribution is -2.40. The van der Waals surface area contributed by atoms with Crippen LogP contribution < -0.4 is 4.31 Å². The molecule has 0 saturated carbocycles. The maximum Gasteiger partial charge on any atom is 0.264 e. The van der Waals surface area contributed by atoms with E-state index >= 15 is 0 Å². The Bertz CT molecular complexity index is 830. The monoisotopic (exact) mass is 378 g/mol.